The summed E-state index contributed by atoms with van der Waals surface area (Å²) in [6.07, 6.45) is -3.48. The third-order valence-electron chi connectivity index (χ3n) is 1.44. The van der Waals surface area contributed by atoms with Crippen LogP contribution in [0.2, 0.25) is 0 Å². The molecule has 0 heterocycles. The van der Waals surface area contributed by atoms with E-state index in [2.05, 4.69) is 4.74 Å². The molecule has 0 aromatic carbocycles. The summed E-state index contributed by atoms with van der Waals surface area (Å²) in [4.78, 5) is 21.4. The van der Waals surface area contributed by atoms with Crippen LogP contribution in [0.15, 0.2) is 0 Å². The topological polar surface area (TPSA) is 63.6 Å². The van der Waals surface area contributed by atoms with E-state index in [1.54, 1.807) is 0 Å². The largest absolute Gasteiger partial charge is 0.463 e. The van der Waals surface area contributed by atoms with Crippen molar-refractivity contribution >= 4 is 11.8 Å². The first kappa shape index (κ1) is 12.0. The van der Waals surface area contributed by atoms with Crippen LogP contribution in [0.3, 0.4) is 0 Å². The molecule has 0 bridgehead atoms. The number of halogens is 2. The minimum absolute atomic E-state index is 0.179. The average molecular weight is 196 g/mol. The lowest BCUT2D eigenvalue weighted by atomic mass is 10.0. The van der Waals surface area contributed by atoms with Gasteiger partial charge in [0.05, 0.1) is 6.61 Å². The van der Waals surface area contributed by atoms with E-state index in [-0.39, 0.29) is 6.61 Å². The zero-order chi connectivity index (χ0) is 10.6. The van der Waals surface area contributed by atoms with Gasteiger partial charge in [-0.05, 0) is 13.8 Å². The molecule has 76 valence electrons. The van der Waals surface area contributed by atoms with E-state index in [0.717, 1.165) is 0 Å². The van der Waals surface area contributed by atoms with Gasteiger partial charge in [-0.25, -0.2) is 13.6 Å². The quantitative estimate of drug-likeness (QED) is 0.513. The standard InChI is InChI=1S/C7H10F2O4/c1-3-13-6(11)7(12,4(2)10)5(8)9/h5,12H,3H2,1-2H3. The summed E-state index contributed by atoms with van der Waals surface area (Å²) in [5.41, 5.74) is -3.32. The van der Waals surface area contributed by atoms with Gasteiger partial charge in [0.15, 0.2) is 5.78 Å². The molecule has 1 N–H and O–H groups in total. The lowest BCUT2D eigenvalue weighted by molar-refractivity contribution is -0.185. The normalized spacial score (nSPS) is 15.2. The van der Waals surface area contributed by atoms with Gasteiger partial charge in [0.2, 0.25) is 0 Å². The summed E-state index contributed by atoms with van der Waals surface area (Å²) >= 11 is 0. The van der Waals surface area contributed by atoms with E-state index in [4.69, 9.17) is 5.11 Å². The van der Waals surface area contributed by atoms with Crippen molar-refractivity contribution in [2.24, 2.45) is 0 Å². The third-order valence-corrected chi connectivity index (χ3v) is 1.44. The Morgan fingerprint density at radius 1 is 1.54 bits per heavy atom. The van der Waals surface area contributed by atoms with Crippen LogP contribution in [-0.2, 0) is 14.3 Å². The van der Waals surface area contributed by atoms with Gasteiger partial charge in [-0.3, -0.25) is 4.79 Å². The van der Waals surface area contributed by atoms with Crippen molar-refractivity contribution in [3.8, 4) is 0 Å². The highest BCUT2D eigenvalue weighted by Crippen LogP contribution is 2.18. The van der Waals surface area contributed by atoms with Crippen molar-refractivity contribution in [3.05, 3.63) is 0 Å². The summed E-state index contributed by atoms with van der Waals surface area (Å²) in [6, 6.07) is 0. The monoisotopic (exact) mass is 196 g/mol. The zero-order valence-corrected chi connectivity index (χ0v) is 7.21. The van der Waals surface area contributed by atoms with Gasteiger partial charge in [-0.2, -0.15) is 0 Å². The van der Waals surface area contributed by atoms with Crippen LogP contribution in [0.25, 0.3) is 0 Å². The number of ketones is 1. The van der Waals surface area contributed by atoms with Crippen molar-refractivity contribution < 1.29 is 28.2 Å². The number of carbonyl (C=O) groups excluding carboxylic acids is 2. The average Bonchev–Trinajstić information content (AvgIpc) is 2.02. The Labute approximate surface area is 73.5 Å². The third kappa shape index (κ3) is 2.21. The predicted molar refractivity (Wildman–Crippen MR) is 38.3 cm³/mol. The van der Waals surface area contributed by atoms with Crippen LogP contribution in [0, 0.1) is 0 Å². The molecule has 4 nitrogen and oxygen atoms in total. The number of ether oxygens (including phenoxy) is 1. The molecule has 0 radical (unpaired) electrons. The Morgan fingerprint density at radius 2 is 2.00 bits per heavy atom. The Balaban J connectivity index is 4.79. The first-order valence-electron chi connectivity index (χ1n) is 3.56. The molecule has 6 heteroatoms. The molecule has 0 saturated carbocycles. The fourth-order valence-corrected chi connectivity index (χ4v) is 0.628. The molecule has 0 spiro atoms. The molecule has 1 atom stereocenters. The molecule has 0 amide bonds. The van der Waals surface area contributed by atoms with Gasteiger partial charge in [-0.15, -0.1) is 0 Å². The van der Waals surface area contributed by atoms with Crippen LogP contribution in [0.1, 0.15) is 13.8 Å². The van der Waals surface area contributed by atoms with Crippen molar-refractivity contribution in [2.45, 2.75) is 25.9 Å². The van der Waals surface area contributed by atoms with Crippen LogP contribution in [-0.4, -0.2) is 35.5 Å². The van der Waals surface area contributed by atoms with Gasteiger partial charge in [-0.1, -0.05) is 0 Å². The summed E-state index contributed by atoms with van der Waals surface area (Å²) in [5.74, 6) is -2.95. The summed E-state index contributed by atoms with van der Waals surface area (Å²) < 4.78 is 28.4. The number of carbonyl (C=O) groups is 2. The number of alkyl halides is 2. The fraction of sp³-hybridized carbons (Fsp3) is 0.714. The molecule has 13 heavy (non-hydrogen) atoms. The predicted octanol–water partition coefficient (Wildman–Crippen LogP) is 0.135. The highest BCUT2D eigenvalue weighted by atomic mass is 19.3. The molecule has 0 aliphatic carbocycles. The van der Waals surface area contributed by atoms with E-state index in [0.29, 0.717) is 6.92 Å². The van der Waals surface area contributed by atoms with E-state index in [1.165, 1.54) is 6.92 Å². The molecule has 0 saturated heterocycles. The lowest BCUT2D eigenvalue weighted by Crippen LogP contribution is -2.52. The second-order valence-corrected chi connectivity index (χ2v) is 2.34. The summed E-state index contributed by atoms with van der Waals surface area (Å²) in [6.45, 7) is 1.90. The number of esters is 1. The molecule has 0 aromatic heterocycles. The first-order chi connectivity index (χ1) is 5.87. The van der Waals surface area contributed by atoms with Crippen molar-refractivity contribution in [2.75, 3.05) is 6.61 Å². The minimum Gasteiger partial charge on any atom is -0.463 e. The van der Waals surface area contributed by atoms with Crippen LogP contribution < -0.4 is 0 Å². The fourth-order valence-electron chi connectivity index (χ4n) is 0.628. The Morgan fingerprint density at radius 3 is 2.23 bits per heavy atom. The summed E-state index contributed by atoms with van der Waals surface area (Å²) in [5, 5.41) is 8.99. The molecule has 1 unspecified atom stereocenters. The summed E-state index contributed by atoms with van der Waals surface area (Å²) in [7, 11) is 0. The maximum Gasteiger partial charge on any atom is 0.352 e. The molecule has 0 aliphatic heterocycles. The molecular formula is C7H10F2O4. The smallest absolute Gasteiger partial charge is 0.352 e. The SMILES string of the molecule is CCOC(=O)C(O)(C(C)=O)C(F)F. The Bertz CT molecular complexity index is 217. The number of hydrogen-bond donors (Lipinski definition) is 1. The molecule has 0 aromatic rings. The van der Waals surface area contributed by atoms with E-state index < -0.39 is 23.8 Å². The van der Waals surface area contributed by atoms with Gasteiger partial charge in [0.1, 0.15) is 0 Å². The second-order valence-electron chi connectivity index (χ2n) is 2.34. The Kier molecular flexibility index (Phi) is 3.93. The maximum absolute atomic E-state index is 12.1. The van der Waals surface area contributed by atoms with Crippen LogP contribution in [0.5, 0.6) is 0 Å². The van der Waals surface area contributed by atoms with Gasteiger partial charge in [0.25, 0.3) is 12.0 Å². The molecule has 0 aliphatic rings. The Hall–Kier alpha value is -1.04. The molecular weight excluding hydrogens is 186 g/mol. The zero-order valence-electron chi connectivity index (χ0n) is 7.21. The molecule has 0 rings (SSSR count). The van der Waals surface area contributed by atoms with Crippen LogP contribution >= 0.6 is 0 Å². The van der Waals surface area contributed by atoms with E-state index >= 15 is 0 Å². The minimum atomic E-state index is -3.48. The highest BCUT2D eigenvalue weighted by molar-refractivity contribution is 6.06. The number of hydrogen-bond acceptors (Lipinski definition) is 4. The van der Waals surface area contributed by atoms with Crippen molar-refractivity contribution in [1.29, 1.82) is 0 Å². The van der Waals surface area contributed by atoms with Crippen molar-refractivity contribution in [3.63, 3.8) is 0 Å². The second kappa shape index (κ2) is 4.27. The van der Waals surface area contributed by atoms with Crippen molar-refractivity contribution in [1.82, 2.24) is 0 Å². The first-order valence-corrected chi connectivity index (χ1v) is 3.56. The van der Waals surface area contributed by atoms with E-state index in [1.807, 2.05) is 0 Å². The number of rotatable bonds is 4. The van der Waals surface area contributed by atoms with Gasteiger partial charge in [0, 0.05) is 0 Å². The highest BCUT2D eigenvalue weighted by Gasteiger charge is 2.51. The van der Waals surface area contributed by atoms with Gasteiger partial charge < -0.3 is 9.84 Å². The number of aliphatic hydroxyl groups is 1. The maximum atomic E-state index is 12.1. The molecule has 0 fully saturated rings. The van der Waals surface area contributed by atoms with E-state index in [9.17, 15) is 18.4 Å². The lowest BCUT2D eigenvalue weighted by Gasteiger charge is -2.21. The van der Waals surface area contributed by atoms with Crippen LogP contribution in [0.4, 0.5) is 8.78 Å². The van der Waals surface area contributed by atoms with Gasteiger partial charge >= 0.3 is 5.97 Å². The number of Topliss-reactive ketones (excluding diaryl/α,β-unsaturated/α-hetero) is 1.